The van der Waals surface area contributed by atoms with Gasteiger partial charge in [-0.25, -0.2) is 4.98 Å². The van der Waals surface area contributed by atoms with Crippen LogP contribution in [0.25, 0.3) is 0 Å². The van der Waals surface area contributed by atoms with Gasteiger partial charge in [-0.1, -0.05) is 29.8 Å². The lowest BCUT2D eigenvalue weighted by Crippen LogP contribution is -2.38. The molecule has 3 rings (SSSR count). The fourth-order valence-electron chi connectivity index (χ4n) is 3.11. The molecule has 0 radical (unpaired) electrons. The molecule has 1 aliphatic heterocycles. The predicted molar refractivity (Wildman–Crippen MR) is 132 cm³/mol. The van der Waals surface area contributed by atoms with Gasteiger partial charge in [0.2, 0.25) is 0 Å². The Hall–Kier alpha value is -1.06. The number of hydrogen-bond acceptors (Lipinski definition) is 4. The molecule has 0 aliphatic carbocycles. The lowest BCUT2D eigenvalue weighted by molar-refractivity contribution is 0.794. The number of anilines is 1. The van der Waals surface area contributed by atoms with Crippen LogP contribution in [0.1, 0.15) is 31.0 Å². The van der Waals surface area contributed by atoms with Crippen LogP contribution in [0, 0.1) is 0 Å². The number of halogens is 2. The minimum absolute atomic E-state index is 0. The highest BCUT2D eigenvalue weighted by Gasteiger charge is 2.15. The summed E-state index contributed by atoms with van der Waals surface area (Å²) in [5.41, 5.74) is 2.29. The molecule has 1 saturated heterocycles. The number of hydrogen-bond donors (Lipinski definition) is 2. The van der Waals surface area contributed by atoms with Gasteiger partial charge in [0.1, 0.15) is 0 Å². The number of aromatic nitrogens is 1. The second kappa shape index (κ2) is 12.5. The molecule has 8 heteroatoms. The van der Waals surface area contributed by atoms with Crippen LogP contribution >= 0.6 is 46.9 Å². The molecule has 2 heterocycles. The quantitative estimate of drug-likeness (QED) is 0.301. The third kappa shape index (κ3) is 7.08. The van der Waals surface area contributed by atoms with Crippen LogP contribution in [-0.4, -0.2) is 43.7 Å². The Balaban J connectivity index is 0.00000280. The van der Waals surface area contributed by atoms with E-state index in [1.54, 1.807) is 11.3 Å². The molecule has 0 atom stereocenters. The summed E-state index contributed by atoms with van der Waals surface area (Å²) in [7, 11) is 0. The molecule has 0 amide bonds. The summed E-state index contributed by atoms with van der Waals surface area (Å²) in [6, 6.07) is 7.97. The van der Waals surface area contributed by atoms with Gasteiger partial charge >= 0.3 is 0 Å². The molecule has 5 nitrogen and oxygen atoms in total. The Morgan fingerprint density at radius 1 is 1.21 bits per heavy atom. The Morgan fingerprint density at radius 2 is 2.00 bits per heavy atom. The van der Waals surface area contributed by atoms with Crippen molar-refractivity contribution in [3.05, 3.63) is 45.9 Å². The molecule has 28 heavy (non-hydrogen) atoms. The molecule has 1 aliphatic rings. The first-order valence-electron chi connectivity index (χ1n) is 9.71. The highest BCUT2D eigenvalue weighted by atomic mass is 127. The van der Waals surface area contributed by atoms with Crippen LogP contribution in [0.15, 0.2) is 34.6 Å². The highest BCUT2D eigenvalue weighted by Crippen LogP contribution is 2.24. The minimum Gasteiger partial charge on any atom is -0.357 e. The van der Waals surface area contributed by atoms with Crippen LogP contribution in [0.3, 0.4) is 0 Å². The van der Waals surface area contributed by atoms with Gasteiger partial charge in [-0.2, -0.15) is 0 Å². The Morgan fingerprint density at radius 3 is 2.75 bits per heavy atom. The van der Waals surface area contributed by atoms with Crippen molar-refractivity contribution >= 4 is 58.0 Å². The number of benzene rings is 1. The fourth-order valence-corrected chi connectivity index (χ4v) is 4.25. The second-order valence-electron chi connectivity index (χ2n) is 6.59. The first-order valence-corrected chi connectivity index (χ1v) is 11.0. The zero-order chi connectivity index (χ0) is 18.9. The Bertz CT molecular complexity index is 746. The third-order valence-corrected chi connectivity index (χ3v) is 5.86. The minimum atomic E-state index is 0. The van der Waals surface area contributed by atoms with Crippen LogP contribution in [0.4, 0.5) is 5.13 Å². The Labute approximate surface area is 194 Å². The monoisotopic (exact) mass is 533 g/mol. The molecule has 1 aromatic heterocycles. The van der Waals surface area contributed by atoms with Gasteiger partial charge in [-0.05, 0) is 37.8 Å². The number of nitrogens with zero attached hydrogens (tertiary/aromatic N) is 3. The third-order valence-electron chi connectivity index (χ3n) is 4.54. The topological polar surface area (TPSA) is 52.6 Å². The SMILES string of the molecule is CCNC(=NCCc1csc(N2CCCC2)n1)NCCc1ccccc1Cl.I. The van der Waals surface area contributed by atoms with Gasteiger partial charge in [-0.15, -0.1) is 35.3 Å². The predicted octanol–water partition coefficient (Wildman–Crippen LogP) is 4.36. The van der Waals surface area contributed by atoms with E-state index < -0.39 is 0 Å². The van der Waals surface area contributed by atoms with Gasteiger partial charge in [0.15, 0.2) is 11.1 Å². The smallest absolute Gasteiger partial charge is 0.191 e. The van der Waals surface area contributed by atoms with Gasteiger partial charge in [0.25, 0.3) is 0 Å². The lowest BCUT2D eigenvalue weighted by Gasteiger charge is -2.12. The van der Waals surface area contributed by atoms with E-state index in [9.17, 15) is 0 Å². The molecular weight excluding hydrogens is 505 g/mol. The molecule has 0 unspecified atom stereocenters. The Kier molecular flexibility index (Phi) is 10.4. The van der Waals surface area contributed by atoms with Crippen LogP contribution in [-0.2, 0) is 12.8 Å². The summed E-state index contributed by atoms with van der Waals surface area (Å²) in [5, 5.41) is 10.8. The van der Waals surface area contributed by atoms with Crippen molar-refractivity contribution in [3.63, 3.8) is 0 Å². The van der Waals surface area contributed by atoms with Crippen molar-refractivity contribution in [2.45, 2.75) is 32.6 Å². The highest BCUT2D eigenvalue weighted by molar-refractivity contribution is 14.0. The second-order valence-corrected chi connectivity index (χ2v) is 7.84. The number of nitrogens with one attached hydrogen (secondary N) is 2. The van der Waals surface area contributed by atoms with Gasteiger partial charge in [0, 0.05) is 49.5 Å². The van der Waals surface area contributed by atoms with E-state index in [1.165, 1.54) is 12.8 Å². The van der Waals surface area contributed by atoms with Crippen molar-refractivity contribution in [1.29, 1.82) is 0 Å². The van der Waals surface area contributed by atoms with E-state index in [0.29, 0.717) is 0 Å². The first-order chi connectivity index (χ1) is 13.3. The summed E-state index contributed by atoms with van der Waals surface area (Å²) in [6.07, 6.45) is 4.30. The molecule has 0 saturated carbocycles. The van der Waals surface area contributed by atoms with E-state index in [4.69, 9.17) is 16.6 Å². The molecule has 2 aromatic rings. The molecular formula is C20H29ClIN5S. The zero-order valence-corrected chi connectivity index (χ0v) is 20.2. The van der Waals surface area contributed by atoms with E-state index in [-0.39, 0.29) is 24.0 Å². The number of thiazole rings is 1. The van der Waals surface area contributed by atoms with Gasteiger partial charge in [0.05, 0.1) is 5.69 Å². The molecule has 2 N–H and O–H groups in total. The van der Waals surface area contributed by atoms with E-state index in [2.05, 4.69) is 38.9 Å². The van der Waals surface area contributed by atoms with E-state index in [1.807, 2.05) is 18.2 Å². The van der Waals surface area contributed by atoms with Crippen LogP contribution < -0.4 is 15.5 Å². The average Bonchev–Trinajstić information content (AvgIpc) is 3.35. The van der Waals surface area contributed by atoms with E-state index >= 15 is 0 Å². The molecule has 0 bridgehead atoms. The van der Waals surface area contributed by atoms with Crippen molar-refractivity contribution in [3.8, 4) is 0 Å². The fraction of sp³-hybridized carbons (Fsp3) is 0.500. The summed E-state index contributed by atoms with van der Waals surface area (Å²) in [5.74, 6) is 0.847. The number of rotatable bonds is 8. The van der Waals surface area contributed by atoms with Gasteiger partial charge in [-0.3, -0.25) is 4.99 Å². The summed E-state index contributed by atoms with van der Waals surface area (Å²) in [4.78, 5) is 11.8. The lowest BCUT2D eigenvalue weighted by atomic mass is 10.1. The van der Waals surface area contributed by atoms with Crippen LogP contribution in [0.5, 0.6) is 0 Å². The largest absolute Gasteiger partial charge is 0.357 e. The van der Waals surface area contributed by atoms with Crippen LogP contribution in [0.2, 0.25) is 5.02 Å². The molecule has 0 spiro atoms. The molecule has 1 fully saturated rings. The standard InChI is InChI=1S/C20H28ClN5S.HI/c1-2-22-19(23-11-9-16-7-3-4-8-18(16)21)24-12-10-17-15-27-20(25-17)26-13-5-6-14-26;/h3-4,7-8,15H,2,5-6,9-14H2,1H3,(H2,22,23,24);1H. The number of aliphatic imine (C=N–C) groups is 1. The molecule has 1 aromatic carbocycles. The first kappa shape index (κ1) is 23.2. The van der Waals surface area contributed by atoms with E-state index in [0.717, 1.165) is 72.9 Å². The van der Waals surface area contributed by atoms with Crippen molar-refractivity contribution in [2.24, 2.45) is 4.99 Å². The number of guanidine groups is 1. The average molecular weight is 534 g/mol. The maximum atomic E-state index is 6.22. The van der Waals surface area contributed by atoms with Crippen molar-refractivity contribution in [1.82, 2.24) is 15.6 Å². The summed E-state index contributed by atoms with van der Waals surface area (Å²) in [6.45, 7) is 6.73. The summed E-state index contributed by atoms with van der Waals surface area (Å²) < 4.78 is 0. The normalized spacial score (nSPS) is 14.1. The molecule has 154 valence electrons. The summed E-state index contributed by atoms with van der Waals surface area (Å²) >= 11 is 7.97. The van der Waals surface area contributed by atoms with Crippen molar-refractivity contribution in [2.75, 3.05) is 37.6 Å². The maximum absolute atomic E-state index is 6.22. The zero-order valence-electron chi connectivity index (χ0n) is 16.3. The van der Waals surface area contributed by atoms with Gasteiger partial charge < -0.3 is 15.5 Å². The van der Waals surface area contributed by atoms with Crippen molar-refractivity contribution < 1.29 is 0 Å². The maximum Gasteiger partial charge on any atom is 0.191 e.